The fourth-order valence-corrected chi connectivity index (χ4v) is 5.21. The molecule has 3 rings (SSSR count). The smallest absolute Gasteiger partial charge is 0.323 e. The van der Waals surface area contributed by atoms with Crippen LogP contribution in [-0.2, 0) is 14.6 Å². The molecule has 0 bridgehead atoms. The first-order valence-corrected chi connectivity index (χ1v) is 11.7. The molecular weight excluding hydrogens is 374 g/mol. The monoisotopic (exact) mass is 399 g/mol. The topological polar surface area (TPSA) is 108 Å². The molecule has 0 radical (unpaired) electrons. The van der Waals surface area contributed by atoms with Crippen molar-refractivity contribution in [3.8, 4) is 0 Å². The first-order valence-electron chi connectivity index (χ1n) is 8.72. The van der Waals surface area contributed by atoms with Crippen molar-refractivity contribution in [1.29, 1.82) is 0 Å². The molecule has 2 aliphatic heterocycles. The predicted molar refractivity (Wildman–Crippen MR) is 102 cm³/mol. The maximum atomic E-state index is 11.6. The number of piperazine rings is 1. The first-order chi connectivity index (χ1) is 12.3. The van der Waals surface area contributed by atoms with E-state index in [0.717, 1.165) is 18.5 Å². The second-order valence-electron chi connectivity index (χ2n) is 6.81. The van der Waals surface area contributed by atoms with Crippen LogP contribution in [0.5, 0.6) is 0 Å². The van der Waals surface area contributed by atoms with Gasteiger partial charge in [0.2, 0.25) is 0 Å². The molecule has 4 unspecified atom stereocenters. The third-order valence-corrected chi connectivity index (χ3v) is 7.35. The Morgan fingerprint density at radius 3 is 2.65 bits per heavy atom. The van der Waals surface area contributed by atoms with Crippen LogP contribution >= 0.6 is 11.8 Å². The van der Waals surface area contributed by atoms with E-state index >= 15 is 0 Å². The van der Waals surface area contributed by atoms with Gasteiger partial charge in [-0.25, -0.2) is 8.42 Å². The highest BCUT2D eigenvalue weighted by molar-refractivity contribution is 8.00. The van der Waals surface area contributed by atoms with Crippen molar-refractivity contribution < 1.29 is 18.3 Å². The van der Waals surface area contributed by atoms with E-state index in [1.54, 1.807) is 24.3 Å². The molecule has 2 saturated heterocycles. The molecule has 2 fully saturated rings. The fourth-order valence-electron chi connectivity index (χ4n) is 3.37. The molecule has 2 aliphatic rings. The molecule has 2 heterocycles. The lowest BCUT2D eigenvalue weighted by atomic mass is 10.0. The van der Waals surface area contributed by atoms with Crippen LogP contribution in [-0.4, -0.2) is 62.0 Å². The zero-order valence-corrected chi connectivity index (χ0v) is 16.3. The Balaban J connectivity index is 1.68. The van der Waals surface area contributed by atoms with Gasteiger partial charge in [-0.3, -0.25) is 15.4 Å². The van der Waals surface area contributed by atoms with E-state index in [1.807, 2.05) is 11.8 Å². The Bertz CT molecular complexity index is 733. The van der Waals surface area contributed by atoms with E-state index in [-0.39, 0.29) is 17.1 Å². The van der Waals surface area contributed by atoms with Crippen LogP contribution in [0, 0.1) is 0 Å². The Morgan fingerprint density at radius 1 is 1.35 bits per heavy atom. The lowest BCUT2D eigenvalue weighted by Crippen LogP contribution is -2.66. The van der Waals surface area contributed by atoms with Gasteiger partial charge in [0.1, 0.15) is 6.04 Å². The molecule has 7 nitrogen and oxygen atoms in total. The minimum absolute atomic E-state index is 0.0899. The highest BCUT2D eigenvalue weighted by Crippen LogP contribution is 2.26. The number of benzene rings is 1. The van der Waals surface area contributed by atoms with Gasteiger partial charge in [0.15, 0.2) is 9.84 Å². The average Bonchev–Trinajstić information content (AvgIpc) is 3.12. The van der Waals surface area contributed by atoms with Crippen molar-refractivity contribution >= 4 is 27.6 Å². The third-order valence-electron chi connectivity index (χ3n) is 4.82. The number of carboxylic acids is 1. The van der Waals surface area contributed by atoms with Crippen LogP contribution in [0.25, 0.3) is 0 Å². The molecule has 1 aromatic rings. The van der Waals surface area contributed by atoms with Crippen molar-refractivity contribution in [1.82, 2.24) is 16.0 Å². The van der Waals surface area contributed by atoms with Crippen LogP contribution in [0.2, 0.25) is 0 Å². The summed E-state index contributed by atoms with van der Waals surface area (Å²) in [7, 11) is -3.23. The Morgan fingerprint density at radius 2 is 2.08 bits per heavy atom. The molecule has 0 aliphatic carbocycles. The summed E-state index contributed by atoms with van der Waals surface area (Å²) >= 11 is 1.93. The number of rotatable bonds is 6. The van der Waals surface area contributed by atoms with E-state index in [4.69, 9.17) is 0 Å². The molecule has 144 valence electrons. The summed E-state index contributed by atoms with van der Waals surface area (Å²) in [6.45, 7) is 1.24. The summed E-state index contributed by atoms with van der Waals surface area (Å²) in [6.07, 6.45) is 3.17. The molecule has 9 heteroatoms. The van der Waals surface area contributed by atoms with Crippen molar-refractivity contribution in [2.24, 2.45) is 0 Å². The summed E-state index contributed by atoms with van der Waals surface area (Å²) < 4.78 is 23.2. The van der Waals surface area contributed by atoms with Crippen molar-refractivity contribution in [3.05, 3.63) is 29.8 Å². The third kappa shape index (κ3) is 4.77. The van der Waals surface area contributed by atoms with Gasteiger partial charge in [0.05, 0.1) is 11.1 Å². The first kappa shape index (κ1) is 19.6. The minimum Gasteiger partial charge on any atom is -0.480 e. The number of hydrogen-bond donors (Lipinski definition) is 4. The van der Waals surface area contributed by atoms with Gasteiger partial charge in [-0.05, 0) is 36.3 Å². The van der Waals surface area contributed by atoms with Crippen LogP contribution < -0.4 is 16.0 Å². The molecule has 1 aromatic carbocycles. The second-order valence-corrected chi connectivity index (χ2v) is 10.2. The highest BCUT2D eigenvalue weighted by atomic mass is 32.2. The van der Waals surface area contributed by atoms with Crippen LogP contribution in [0.15, 0.2) is 29.2 Å². The summed E-state index contributed by atoms with van der Waals surface area (Å²) in [4.78, 5) is 11.8. The Kier molecular flexibility index (Phi) is 6.24. The summed E-state index contributed by atoms with van der Waals surface area (Å²) in [5, 5.41) is 19.8. The number of aliphatic carboxylic acids is 1. The maximum Gasteiger partial charge on any atom is 0.323 e. The van der Waals surface area contributed by atoms with Crippen molar-refractivity contribution in [2.45, 2.75) is 41.2 Å². The molecule has 26 heavy (non-hydrogen) atoms. The second kappa shape index (κ2) is 8.26. The van der Waals surface area contributed by atoms with E-state index in [9.17, 15) is 18.3 Å². The Labute approximate surface area is 158 Å². The van der Waals surface area contributed by atoms with Gasteiger partial charge in [-0.15, -0.1) is 0 Å². The highest BCUT2D eigenvalue weighted by Gasteiger charge is 2.35. The lowest BCUT2D eigenvalue weighted by molar-refractivity contribution is -0.141. The number of sulfone groups is 1. The molecule has 4 N–H and O–H groups in total. The van der Waals surface area contributed by atoms with Gasteiger partial charge in [0, 0.05) is 30.6 Å². The zero-order valence-electron chi connectivity index (χ0n) is 14.6. The molecule has 0 aromatic heterocycles. The van der Waals surface area contributed by atoms with E-state index in [1.165, 1.54) is 18.4 Å². The van der Waals surface area contributed by atoms with E-state index in [0.29, 0.717) is 11.8 Å². The summed E-state index contributed by atoms with van der Waals surface area (Å²) in [6, 6.07) is 5.95. The van der Waals surface area contributed by atoms with Gasteiger partial charge in [-0.2, -0.15) is 11.8 Å². The lowest BCUT2D eigenvalue weighted by Gasteiger charge is -2.37. The largest absolute Gasteiger partial charge is 0.480 e. The van der Waals surface area contributed by atoms with Gasteiger partial charge in [-0.1, -0.05) is 12.1 Å². The minimum atomic E-state index is -3.23. The number of carboxylic acid groups (broad SMARTS) is 1. The number of thioether (sulfide) groups is 1. The van der Waals surface area contributed by atoms with Crippen molar-refractivity contribution in [3.63, 3.8) is 0 Å². The van der Waals surface area contributed by atoms with Crippen molar-refractivity contribution in [2.75, 3.05) is 25.1 Å². The SMILES string of the molecule is CS(=O)(=O)c1ccc(C2CNC(C(=O)O)C(NCC3CCCS3)N2)cc1. The quantitative estimate of drug-likeness (QED) is 0.551. The van der Waals surface area contributed by atoms with Crippen LogP contribution in [0.4, 0.5) is 0 Å². The predicted octanol–water partition coefficient (Wildman–Crippen LogP) is 0.589. The zero-order chi connectivity index (χ0) is 18.7. The number of hydrogen-bond acceptors (Lipinski definition) is 7. The number of carbonyl (C=O) groups is 1. The van der Waals surface area contributed by atoms with Gasteiger partial charge >= 0.3 is 5.97 Å². The van der Waals surface area contributed by atoms with E-state index < -0.39 is 21.8 Å². The standard InChI is InChI=1S/C17H25N3O4S2/c1-26(23,24)13-6-4-11(5-7-13)14-10-18-15(17(21)22)16(20-14)19-9-12-3-2-8-25-12/h4-7,12,14-16,18-20H,2-3,8-10H2,1H3,(H,21,22). The molecule has 0 saturated carbocycles. The Hall–Kier alpha value is -1.13. The average molecular weight is 400 g/mol. The van der Waals surface area contributed by atoms with Crippen LogP contribution in [0.1, 0.15) is 24.4 Å². The fraction of sp³-hybridized carbons (Fsp3) is 0.588. The van der Waals surface area contributed by atoms with Gasteiger partial charge in [0.25, 0.3) is 0 Å². The summed E-state index contributed by atoms with van der Waals surface area (Å²) in [5.74, 6) is 0.278. The molecule has 0 spiro atoms. The molecule has 0 amide bonds. The normalized spacial score (nSPS) is 29.6. The molecular formula is C17H25N3O4S2. The van der Waals surface area contributed by atoms with Crippen LogP contribution in [0.3, 0.4) is 0 Å². The van der Waals surface area contributed by atoms with E-state index in [2.05, 4.69) is 16.0 Å². The number of nitrogens with one attached hydrogen (secondary N) is 3. The van der Waals surface area contributed by atoms with Gasteiger partial charge < -0.3 is 10.4 Å². The maximum absolute atomic E-state index is 11.6. The summed E-state index contributed by atoms with van der Waals surface area (Å²) in [5.41, 5.74) is 0.927. The molecule has 4 atom stereocenters.